The number of pyridine rings is 1. The molecular weight excluding hydrogens is 419 g/mol. The largest absolute Gasteiger partial charge is 0.434 e. The van der Waals surface area contributed by atoms with Gasteiger partial charge in [-0.15, -0.1) is 0 Å². The fraction of sp³-hybridized carbons (Fsp3) is 0.136. The number of rotatable bonds is 2. The fourth-order valence-electron chi connectivity index (χ4n) is 3.30. The van der Waals surface area contributed by atoms with Gasteiger partial charge in [-0.25, -0.2) is 4.68 Å². The quantitative estimate of drug-likeness (QED) is 0.632. The molecule has 0 saturated heterocycles. The van der Waals surface area contributed by atoms with Crippen LogP contribution in [0.2, 0.25) is 0 Å². The van der Waals surface area contributed by atoms with Crippen LogP contribution in [0.1, 0.15) is 23.7 Å². The van der Waals surface area contributed by atoms with Crippen molar-refractivity contribution in [1.29, 1.82) is 0 Å². The first-order valence-electron chi connectivity index (χ1n) is 9.57. The monoisotopic (exact) mass is 437 g/mol. The highest BCUT2D eigenvalue weighted by Gasteiger charge is 2.39. The Kier molecular flexibility index (Phi) is 5.67. The number of halogens is 3. The van der Waals surface area contributed by atoms with Crippen LogP contribution in [0.3, 0.4) is 0 Å². The lowest BCUT2D eigenvalue weighted by Crippen LogP contribution is -2.16. The lowest BCUT2D eigenvalue weighted by atomic mass is 10.0. The fourth-order valence-corrected chi connectivity index (χ4v) is 3.30. The Bertz CT molecular complexity index is 1310. The summed E-state index contributed by atoms with van der Waals surface area (Å²) in [6.45, 7) is 3.59. The Morgan fingerprint density at radius 3 is 2.66 bits per heavy atom. The minimum Gasteiger partial charge on any atom is -0.285 e. The molecule has 0 atom stereocenters. The second-order valence-electron chi connectivity index (χ2n) is 7.10. The molecule has 0 unspecified atom stereocenters. The minimum absolute atomic E-state index is 0.113. The molecule has 32 heavy (non-hydrogen) atoms. The zero-order valence-electron chi connectivity index (χ0n) is 17.2. The van der Waals surface area contributed by atoms with Crippen LogP contribution < -0.4 is 5.43 Å². The van der Waals surface area contributed by atoms with Crippen LogP contribution in [0.25, 0.3) is 22.0 Å². The zero-order valence-corrected chi connectivity index (χ0v) is 17.2. The predicted octanol–water partition coefficient (Wildman–Crippen LogP) is 4.68. The Morgan fingerprint density at radius 1 is 1.00 bits per heavy atom. The van der Waals surface area contributed by atoms with Crippen LogP contribution in [0, 0.1) is 6.92 Å². The SMILES string of the molecule is CC1=CC(c2cnn(-c3cncc4ccc(C)cc34)c2C(F)(F)F)=CN/N=C\C=N/N=C1. The summed E-state index contributed by atoms with van der Waals surface area (Å²) in [4.78, 5) is 4.12. The highest BCUT2D eigenvalue weighted by molar-refractivity contribution is 6.16. The summed E-state index contributed by atoms with van der Waals surface area (Å²) >= 11 is 0. The van der Waals surface area contributed by atoms with E-state index in [0.29, 0.717) is 11.0 Å². The van der Waals surface area contributed by atoms with E-state index in [2.05, 4.69) is 30.8 Å². The maximum atomic E-state index is 14.3. The molecule has 0 amide bonds. The van der Waals surface area contributed by atoms with Gasteiger partial charge in [0.25, 0.3) is 0 Å². The van der Waals surface area contributed by atoms with Crippen molar-refractivity contribution in [3.8, 4) is 5.69 Å². The Balaban J connectivity index is 1.95. The number of fused-ring (bicyclic) bond motifs is 1. The Hall–Kier alpha value is -4.08. The number of hydrazone groups is 1. The molecule has 0 spiro atoms. The summed E-state index contributed by atoms with van der Waals surface area (Å²) in [7, 11) is 0. The predicted molar refractivity (Wildman–Crippen MR) is 119 cm³/mol. The lowest BCUT2D eigenvalue weighted by molar-refractivity contribution is -0.143. The van der Waals surface area contributed by atoms with Crippen molar-refractivity contribution in [2.75, 3.05) is 0 Å². The van der Waals surface area contributed by atoms with Crippen LogP contribution >= 0.6 is 0 Å². The first-order valence-corrected chi connectivity index (χ1v) is 9.57. The third-order valence-electron chi connectivity index (χ3n) is 4.69. The van der Waals surface area contributed by atoms with Gasteiger partial charge in [0.2, 0.25) is 0 Å². The summed E-state index contributed by atoms with van der Waals surface area (Å²) in [5, 5.41) is 16.9. The van der Waals surface area contributed by atoms with Crippen molar-refractivity contribution in [2.45, 2.75) is 20.0 Å². The molecule has 10 heteroatoms. The van der Waals surface area contributed by atoms with Gasteiger partial charge in [0, 0.05) is 34.3 Å². The number of aryl methyl sites for hydroxylation is 1. The summed E-state index contributed by atoms with van der Waals surface area (Å²) in [5.74, 6) is 0. The normalized spacial score (nSPS) is 16.7. The molecule has 3 heterocycles. The van der Waals surface area contributed by atoms with Crippen LogP contribution in [0.15, 0.2) is 69.9 Å². The molecule has 2 aromatic heterocycles. The van der Waals surface area contributed by atoms with E-state index in [9.17, 15) is 13.2 Å². The third kappa shape index (κ3) is 4.34. The smallest absolute Gasteiger partial charge is 0.285 e. The zero-order chi connectivity index (χ0) is 22.7. The summed E-state index contributed by atoms with van der Waals surface area (Å²) in [6, 6.07) is 5.52. The number of alkyl halides is 3. The van der Waals surface area contributed by atoms with Crippen LogP contribution in [0.5, 0.6) is 0 Å². The standard InChI is InChI=1S/C22H18F3N7/c1-14-3-4-16-10-26-13-20(18(16)8-14)32-21(22(23,24)25)19(12-31-32)17-7-15(2)9-29-27-5-6-28-30-11-17/h3-13,30H,1-2H3/b15-7?,17-11?,27-5-,28-6-,29-9?. The molecule has 3 aromatic rings. The van der Waals surface area contributed by atoms with E-state index in [4.69, 9.17) is 0 Å². The second kappa shape index (κ2) is 8.58. The van der Waals surface area contributed by atoms with Crippen molar-refractivity contribution in [3.63, 3.8) is 0 Å². The molecule has 0 aliphatic carbocycles. The molecule has 1 aliphatic rings. The van der Waals surface area contributed by atoms with E-state index in [-0.39, 0.29) is 16.8 Å². The van der Waals surface area contributed by atoms with E-state index in [1.807, 2.05) is 25.1 Å². The second-order valence-corrected chi connectivity index (χ2v) is 7.10. The van der Waals surface area contributed by atoms with Crippen molar-refractivity contribution in [2.24, 2.45) is 15.3 Å². The Labute approximate surface area is 181 Å². The molecule has 1 N–H and O–H groups in total. The first kappa shape index (κ1) is 21.2. The average Bonchev–Trinajstić information content (AvgIpc) is 3.17. The van der Waals surface area contributed by atoms with Gasteiger partial charge < -0.3 is 0 Å². The highest BCUT2D eigenvalue weighted by atomic mass is 19.4. The van der Waals surface area contributed by atoms with Gasteiger partial charge in [-0.1, -0.05) is 17.7 Å². The molecule has 0 saturated carbocycles. The molecule has 0 bridgehead atoms. The van der Waals surface area contributed by atoms with E-state index < -0.39 is 11.9 Å². The lowest BCUT2D eigenvalue weighted by Gasteiger charge is -2.15. The van der Waals surface area contributed by atoms with Crippen molar-refractivity contribution < 1.29 is 13.2 Å². The van der Waals surface area contributed by atoms with Crippen molar-refractivity contribution >= 4 is 35.0 Å². The van der Waals surface area contributed by atoms with Crippen molar-refractivity contribution in [3.05, 3.63) is 71.5 Å². The summed E-state index contributed by atoms with van der Waals surface area (Å²) in [5.41, 5.74) is 3.57. The van der Waals surface area contributed by atoms with Crippen LogP contribution in [-0.4, -0.2) is 33.4 Å². The van der Waals surface area contributed by atoms with Gasteiger partial charge in [-0.05, 0) is 31.6 Å². The maximum Gasteiger partial charge on any atom is 0.434 e. The molecule has 1 aromatic carbocycles. The molecule has 0 fully saturated rings. The summed E-state index contributed by atoms with van der Waals surface area (Å²) < 4.78 is 43.9. The number of nitrogens with zero attached hydrogens (tertiary/aromatic N) is 6. The number of allylic oxidation sites excluding steroid dienone is 3. The topological polar surface area (TPSA) is 79.8 Å². The number of hydrogen-bond donors (Lipinski definition) is 1. The van der Waals surface area contributed by atoms with Gasteiger partial charge in [-0.2, -0.15) is 33.6 Å². The van der Waals surface area contributed by atoms with Gasteiger partial charge in [0.05, 0.1) is 36.7 Å². The molecule has 4 rings (SSSR count). The highest BCUT2D eigenvalue weighted by Crippen LogP contribution is 2.38. The number of benzene rings is 1. The molecule has 0 radical (unpaired) electrons. The van der Waals surface area contributed by atoms with E-state index in [0.717, 1.165) is 15.6 Å². The summed E-state index contributed by atoms with van der Waals surface area (Å²) in [6.07, 6.45) is 6.54. The number of nitrogens with one attached hydrogen (secondary N) is 1. The molecular formula is C22H18F3N7. The van der Waals surface area contributed by atoms with Crippen molar-refractivity contribution in [1.82, 2.24) is 20.2 Å². The maximum absolute atomic E-state index is 14.3. The van der Waals surface area contributed by atoms with E-state index >= 15 is 0 Å². The van der Waals surface area contributed by atoms with Gasteiger partial charge >= 0.3 is 6.18 Å². The van der Waals surface area contributed by atoms with Gasteiger partial charge in [-0.3, -0.25) is 10.4 Å². The molecule has 162 valence electrons. The van der Waals surface area contributed by atoms with E-state index in [1.54, 1.807) is 19.2 Å². The average molecular weight is 437 g/mol. The van der Waals surface area contributed by atoms with Crippen LogP contribution in [0.4, 0.5) is 13.2 Å². The Morgan fingerprint density at radius 2 is 1.84 bits per heavy atom. The third-order valence-corrected chi connectivity index (χ3v) is 4.69. The number of hydrogen-bond acceptors (Lipinski definition) is 6. The molecule has 1 aliphatic heterocycles. The van der Waals surface area contributed by atoms with E-state index in [1.165, 1.54) is 37.2 Å². The molecule has 7 nitrogen and oxygen atoms in total. The minimum atomic E-state index is -4.69. The number of aromatic nitrogens is 3. The van der Waals surface area contributed by atoms with Gasteiger partial charge in [0.15, 0.2) is 5.69 Å². The van der Waals surface area contributed by atoms with Crippen LogP contribution in [-0.2, 0) is 6.18 Å². The first-order chi connectivity index (χ1) is 15.3. The van der Waals surface area contributed by atoms with Gasteiger partial charge in [0.1, 0.15) is 0 Å².